The van der Waals surface area contributed by atoms with E-state index in [4.69, 9.17) is 11.6 Å². The monoisotopic (exact) mass is 259 g/mol. The summed E-state index contributed by atoms with van der Waals surface area (Å²) in [7, 11) is 0. The molecular formula is C12H6ClN3S. The van der Waals surface area contributed by atoms with Gasteiger partial charge in [0.25, 0.3) is 0 Å². The highest BCUT2D eigenvalue weighted by atomic mass is 35.5. The number of imidazole rings is 1. The van der Waals surface area contributed by atoms with Gasteiger partial charge in [-0.25, -0.2) is 4.98 Å². The number of hydrogen-bond donors (Lipinski definition) is 0. The van der Waals surface area contributed by atoms with Crippen LogP contribution in [0.2, 0.25) is 5.02 Å². The molecule has 0 amide bonds. The van der Waals surface area contributed by atoms with Crippen molar-refractivity contribution in [3.05, 3.63) is 46.6 Å². The molecule has 0 aliphatic heterocycles. The maximum absolute atomic E-state index is 9.25. The van der Waals surface area contributed by atoms with Crippen LogP contribution in [0.1, 0.15) is 5.69 Å². The molecule has 3 aromatic heterocycles. The van der Waals surface area contributed by atoms with Crippen molar-refractivity contribution in [2.75, 3.05) is 0 Å². The summed E-state index contributed by atoms with van der Waals surface area (Å²) in [5.41, 5.74) is 1.96. The molecule has 3 rings (SSSR count). The van der Waals surface area contributed by atoms with Gasteiger partial charge in [-0.3, -0.25) is 4.40 Å². The van der Waals surface area contributed by atoms with E-state index in [1.807, 2.05) is 17.5 Å². The van der Waals surface area contributed by atoms with E-state index in [0.717, 1.165) is 10.5 Å². The Morgan fingerprint density at radius 3 is 2.94 bits per heavy atom. The average molecular weight is 260 g/mol. The number of aromatic nitrogens is 2. The maximum atomic E-state index is 9.25. The van der Waals surface area contributed by atoms with Gasteiger partial charge in [0, 0.05) is 6.20 Å². The Morgan fingerprint density at radius 2 is 2.24 bits per heavy atom. The molecule has 0 spiro atoms. The van der Waals surface area contributed by atoms with E-state index in [1.165, 1.54) is 0 Å². The van der Waals surface area contributed by atoms with Crippen LogP contribution in [0.15, 0.2) is 35.8 Å². The molecule has 0 saturated carbocycles. The van der Waals surface area contributed by atoms with Crippen LogP contribution >= 0.6 is 22.9 Å². The summed E-state index contributed by atoms with van der Waals surface area (Å²) < 4.78 is 1.72. The zero-order valence-corrected chi connectivity index (χ0v) is 10.2. The lowest BCUT2D eigenvalue weighted by atomic mass is 10.3. The molecule has 0 atom stereocenters. The van der Waals surface area contributed by atoms with Crippen LogP contribution in [0.25, 0.3) is 16.2 Å². The Bertz CT molecular complexity index is 722. The lowest BCUT2D eigenvalue weighted by Gasteiger charge is -1.95. The number of nitrogens with zero attached hydrogens (tertiary/aromatic N) is 3. The van der Waals surface area contributed by atoms with Crippen LogP contribution in [-0.2, 0) is 0 Å². The van der Waals surface area contributed by atoms with E-state index in [9.17, 15) is 5.26 Å². The minimum atomic E-state index is 0.518. The highest BCUT2D eigenvalue weighted by molar-refractivity contribution is 7.13. The minimum Gasteiger partial charge on any atom is -0.289 e. The Kier molecular flexibility index (Phi) is 2.36. The number of hydrogen-bond acceptors (Lipinski definition) is 3. The number of rotatable bonds is 1. The van der Waals surface area contributed by atoms with Crippen molar-refractivity contribution in [1.29, 1.82) is 5.26 Å². The Hall–Kier alpha value is -1.83. The molecule has 3 heterocycles. The predicted octanol–water partition coefficient (Wildman–Crippen LogP) is 3.59. The lowest BCUT2D eigenvalue weighted by molar-refractivity contribution is 1.15. The predicted molar refractivity (Wildman–Crippen MR) is 68.2 cm³/mol. The Balaban J connectivity index is 2.37. The molecule has 0 unspecified atom stereocenters. The second kappa shape index (κ2) is 3.88. The Morgan fingerprint density at radius 1 is 1.35 bits per heavy atom. The summed E-state index contributed by atoms with van der Waals surface area (Å²) in [6.07, 6.45) is 1.71. The largest absolute Gasteiger partial charge is 0.289 e. The van der Waals surface area contributed by atoms with Crippen LogP contribution in [0, 0.1) is 11.3 Å². The van der Waals surface area contributed by atoms with Crippen LogP contribution in [-0.4, -0.2) is 9.38 Å². The lowest BCUT2D eigenvalue weighted by Crippen LogP contribution is -1.87. The average Bonchev–Trinajstić information content (AvgIpc) is 2.94. The van der Waals surface area contributed by atoms with E-state index in [1.54, 1.807) is 34.1 Å². The summed E-state index contributed by atoms with van der Waals surface area (Å²) in [6, 6.07) is 9.65. The maximum Gasteiger partial charge on any atom is 0.153 e. The van der Waals surface area contributed by atoms with Gasteiger partial charge >= 0.3 is 0 Å². The van der Waals surface area contributed by atoms with E-state index >= 15 is 0 Å². The molecule has 17 heavy (non-hydrogen) atoms. The number of halogens is 1. The van der Waals surface area contributed by atoms with Crippen LogP contribution in [0.3, 0.4) is 0 Å². The van der Waals surface area contributed by atoms with Gasteiger partial charge in [-0.15, -0.1) is 11.3 Å². The third-order valence-corrected chi connectivity index (χ3v) is 3.54. The topological polar surface area (TPSA) is 41.1 Å². The number of pyridine rings is 1. The van der Waals surface area contributed by atoms with Crippen molar-refractivity contribution < 1.29 is 0 Å². The zero-order chi connectivity index (χ0) is 11.8. The normalized spacial score (nSPS) is 10.6. The molecule has 82 valence electrons. The summed E-state index contributed by atoms with van der Waals surface area (Å²) in [5, 5.41) is 11.8. The summed E-state index contributed by atoms with van der Waals surface area (Å²) in [6.45, 7) is 0. The number of fused-ring (bicyclic) bond motifs is 1. The second-order valence-electron chi connectivity index (χ2n) is 3.47. The van der Waals surface area contributed by atoms with Gasteiger partial charge in [0.1, 0.15) is 17.4 Å². The third kappa shape index (κ3) is 1.60. The van der Waals surface area contributed by atoms with Gasteiger partial charge < -0.3 is 0 Å². The molecule has 5 heteroatoms. The van der Waals surface area contributed by atoms with Crippen molar-refractivity contribution in [1.82, 2.24) is 9.38 Å². The smallest absolute Gasteiger partial charge is 0.153 e. The molecule has 3 nitrogen and oxygen atoms in total. The molecule has 0 saturated heterocycles. The van der Waals surface area contributed by atoms with E-state index in [2.05, 4.69) is 11.1 Å². The van der Waals surface area contributed by atoms with E-state index in [0.29, 0.717) is 16.4 Å². The third-order valence-electron chi connectivity index (χ3n) is 2.44. The van der Waals surface area contributed by atoms with Gasteiger partial charge in [0.2, 0.25) is 0 Å². The van der Waals surface area contributed by atoms with Crippen molar-refractivity contribution in [3.8, 4) is 16.6 Å². The fraction of sp³-hybridized carbons (Fsp3) is 0. The van der Waals surface area contributed by atoms with Gasteiger partial charge in [-0.05, 0) is 23.6 Å². The van der Waals surface area contributed by atoms with Crippen LogP contribution in [0.5, 0.6) is 0 Å². The van der Waals surface area contributed by atoms with Crippen molar-refractivity contribution in [2.24, 2.45) is 0 Å². The Labute approximate surface area is 107 Å². The van der Waals surface area contributed by atoms with Gasteiger partial charge in [0.05, 0.1) is 9.90 Å². The summed E-state index contributed by atoms with van der Waals surface area (Å²) in [4.78, 5) is 5.45. The highest BCUT2D eigenvalue weighted by Crippen LogP contribution is 2.28. The standard InChI is InChI=1S/C12H6ClN3S/c13-8-3-4-11-15-12(10-2-1-5-17-10)9(6-14)16(11)7-8/h1-5,7H. The van der Waals surface area contributed by atoms with Crippen molar-refractivity contribution in [2.45, 2.75) is 0 Å². The molecule has 0 radical (unpaired) electrons. The van der Waals surface area contributed by atoms with Crippen LogP contribution < -0.4 is 0 Å². The zero-order valence-electron chi connectivity index (χ0n) is 8.59. The SMILES string of the molecule is N#Cc1c(-c2cccs2)nc2ccc(Cl)cn12. The molecular weight excluding hydrogens is 254 g/mol. The van der Waals surface area contributed by atoms with Crippen LogP contribution in [0.4, 0.5) is 0 Å². The summed E-state index contributed by atoms with van der Waals surface area (Å²) >= 11 is 7.49. The molecule has 0 bridgehead atoms. The fourth-order valence-corrected chi connectivity index (χ4v) is 2.59. The molecule has 0 fully saturated rings. The van der Waals surface area contributed by atoms with Gasteiger partial charge in [0.15, 0.2) is 5.69 Å². The first-order valence-corrected chi connectivity index (χ1v) is 6.17. The molecule has 0 aromatic carbocycles. The molecule has 0 aliphatic rings. The summed E-state index contributed by atoms with van der Waals surface area (Å²) in [5.74, 6) is 0. The minimum absolute atomic E-state index is 0.518. The fourth-order valence-electron chi connectivity index (χ4n) is 1.71. The highest BCUT2D eigenvalue weighted by Gasteiger charge is 2.14. The number of thiophene rings is 1. The van der Waals surface area contributed by atoms with Crippen molar-refractivity contribution in [3.63, 3.8) is 0 Å². The molecule has 0 aliphatic carbocycles. The van der Waals surface area contributed by atoms with E-state index < -0.39 is 0 Å². The van der Waals surface area contributed by atoms with Gasteiger partial charge in [-0.1, -0.05) is 17.7 Å². The number of nitriles is 1. The quantitative estimate of drug-likeness (QED) is 0.670. The first-order chi connectivity index (χ1) is 8.29. The van der Waals surface area contributed by atoms with Gasteiger partial charge in [-0.2, -0.15) is 5.26 Å². The first kappa shape index (κ1) is 10.3. The van der Waals surface area contributed by atoms with Crippen molar-refractivity contribution >= 4 is 28.6 Å². The van der Waals surface area contributed by atoms with E-state index in [-0.39, 0.29) is 0 Å². The molecule has 0 N–H and O–H groups in total. The second-order valence-corrected chi connectivity index (χ2v) is 4.86. The molecule has 3 aromatic rings. The first-order valence-electron chi connectivity index (χ1n) is 4.91.